The molecule has 0 spiro atoms. The molecule has 0 aliphatic rings. The second kappa shape index (κ2) is 3.26. The molecule has 0 fully saturated rings. The molecule has 1 atom stereocenters. The van der Waals surface area contributed by atoms with Gasteiger partial charge >= 0.3 is 12.5 Å². The summed E-state index contributed by atoms with van der Waals surface area (Å²) >= 11 is 0.794. The van der Waals surface area contributed by atoms with E-state index in [0.717, 1.165) is 11.3 Å². The van der Waals surface area contributed by atoms with Crippen LogP contribution in [0.2, 0.25) is 0 Å². The number of aromatic nitrogens is 1. The van der Waals surface area contributed by atoms with Gasteiger partial charge in [-0.2, -0.15) is 17.6 Å². The van der Waals surface area contributed by atoms with Crippen LogP contribution in [0.3, 0.4) is 0 Å². The first kappa shape index (κ1) is 9.24. The molecule has 1 aromatic rings. The van der Waals surface area contributed by atoms with Crippen LogP contribution >= 0.6 is 11.3 Å². The Labute approximate surface area is 68.8 Å². The first-order chi connectivity index (χ1) is 5.50. The van der Waals surface area contributed by atoms with Crippen molar-refractivity contribution >= 4 is 11.3 Å². The second-order valence-electron chi connectivity index (χ2n) is 1.77. The summed E-state index contributed by atoms with van der Waals surface area (Å²) in [7, 11) is 0. The van der Waals surface area contributed by atoms with E-state index in [2.05, 4.69) is 9.72 Å². The van der Waals surface area contributed by atoms with Gasteiger partial charge < -0.3 is 4.74 Å². The monoisotopic (exact) mass is 201 g/mol. The third-order valence-electron chi connectivity index (χ3n) is 0.871. The highest BCUT2D eigenvalue weighted by Crippen LogP contribution is 2.26. The van der Waals surface area contributed by atoms with E-state index < -0.39 is 12.5 Å². The highest BCUT2D eigenvalue weighted by atomic mass is 32.1. The molecule has 0 aliphatic heterocycles. The van der Waals surface area contributed by atoms with Crippen LogP contribution in [0.1, 0.15) is 0 Å². The van der Waals surface area contributed by atoms with E-state index in [4.69, 9.17) is 0 Å². The second-order valence-corrected chi connectivity index (χ2v) is 2.63. The number of rotatable bonds is 2. The maximum atomic E-state index is 12.1. The lowest BCUT2D eigenvalue weighted by molar-refractivity contribution is -0.236. The van der Waals surface area contributed by atoms with Crippen LogP contribution in [-0.4, -0.2) is 17.5 Å². The third-order valence-corrected chi connectivity index (χ3v) is 1.53. The minimum Gasteiger partial charge on any atom is -0.426 e. The number of halogens is 4. The quantitative estimate of drug-likeness (QED) is 0.685. The fourth-order valence-electron chi connectivity index (χ4n) is 0.424. The molecule has 2 nitrogen and oxygen atoms in total. The van der Waals surface area contributed by atoms with E-state index in [0.29, 0.717) is 0 Å². The lowest BCUT2D eigenvalue weighted by Crippen LogP contribution is -2.29. The smallest absolute Gasteiger partial charge is 0.426 e. The van der Waals surface area contributed by atoms with Crippen molar-refractivity contribution in [2.75, 3.05) is 0 Å². The Morgan fingerprint density at radius 1 is 1.50 bits per heavy atom. The van der Waals surface area contributed by atoms with Gasteiger partial charge in [0.2, 0.25) is 0 Å². The summed E-state index contributed by atoms with van der Waals surface area (Å²) in [4.78, 5) is 3.33. The molecule has 0 saturated carbocycles. The van der Waals surface area contributed by atoms with Crippen LogP contribution in [0.15, 0.2) is 11.6 Å². The lowest BCUT2D eigenvalue weighted by atomic mass is 10.7. The largest absolute Gasteiger partial charge is 0.457 e. The predicted octanol–water partition coefficient (Wildman–Crippen LogP) is 2.38. The van der Waals surface area contributed by atoms with Crippen molar-refractivity contribution in [1.82, 2.24) is 4.98 Å². The van der Waals surface area contributed by atoms with Crippen LogP contribution in [0.25, 0.3) is 0 Å². The molecule has 7 heteroatoms. The first-order valence-corrected chi connectivity index (χ1v) is 3.65. The molecule has 0 saturated heterocycles. The van der Waals surface area contributed by atoms with Crippen molar-refractivity contribution in [1.29, 1.82) is 0 Å². The number of hydrogen-bond acceptors (Lipinski definition) is 3. The summed E-state index contributed by atoms with van der Waals surface area (Å²) in [6.45, 7) is 0. The van der Waals surface area contributed by atoms with Gasteiger partial charge in [-0.25, -0.2) is 4.98 Å². The molecule has 0 amide bonds. The minimum absolute atomic E-state index is 0.333. The van der Waals surface area contributed by atoms with Gasteiger partial charge in [-0.15, -0.1) is 0 Å². The molecule has 0 radical (unpaired) electrons. The van der Waals surface area contributed by atoms with Gasteiger partial charge in [0.05, 0.1) is 0 Å². The molecule has 12 heavy (non-hydrogen) atoms. The van der Waals surface area contributed by atoms with Crippen molar-refractivity contribution in [3.05, 3.63) is 11.6 Å². The Morgan fingerprint density at radius 2 is 2.17 bits per heavy atom. The molecule has 1 rings (SSSR count). The average Bonchev–Trinajstić information content (AvgIpc) is 2.37. The van der Waals surface area contributed by atoms with E-state index in [9.17, 15) is 17.6 Å². The zero-order chi connectivity index (χ0) is 9.19. The fourth-order valence-corrected chi connectivity index (χ4v) is 0.924. The maximum Gasteiger partial charge on any atom is 0.457 e. The fraction of sp³-hybridized carbons (Fsp3) is 0.400. The van der Waals surface area contributed by atoms with E-state index in [1.165, 1.54) is 11.6 Å². The Balaban J connectivity index is 2.53. The van der Waals surface area contributed by atoms with Crippen LogP contribution in [0.5, 0.6) is 5.19 Å². The third kappa shape index (κ3) is 2.33. The lowest BCUT2D eigenvalue weighted by Gasteiger charge is -2.11. The molecule has 1 heterocycles. The summed E-state index contributed by atoms with van der Waals surface area (Å²) in [6.07, 6.45) is -7.07. The Bertz CT molecular complexity index is 234. The summed E-state index contributed by atoms with van der Waals surface area (Å²) in [5.41, 5.74) is 0. The van der Waals surface area contributed by atoms with Crippen molar-refractivity contribution in [3.63, 3.8) is 0 Å². The Kier molecular flexibility index (Phi) is 2.51. The van der Waals surface area contributed by atoms with Gasteiger partial charge in [-0.1, -0.05) is 11.3 Å². The van der Waals surface area contributed by atoms with Crippen molar-refractivity contribution in [3.8, 4) is 5.19 Å². The van der Waals surface area contributed by atoms with Crippen molar-refractivity contribution < 1.29 is 22.3 Å². The van der Waals surface area contributed by atoms with Crippen molar-refractivity contribution in [2.24, 2.45) is 0 Å². The Hall–Kier alpha value is -0.850. The average molecular weight is 201 g/mol. The molecular weight excluding hydrogens is 198 g/mol. The number of hydrogen-bond donors (Lipinski definition) is 0. The van der Waals surface area contributed by atoms with E-state index >= 15 is 0 Å². The number of ether oxygens (including phenoxy) is 1. The summed E-state index contributed by atoms with van der Waals surface area (Å²) in [5.74, 6) is 0. The SMILES string of the molecule is FC(Oc1nccs1)C(F)(F)F. The molecular formula is C5H3F4NOS. The number of alkyl halides is 4. The standard InChI is InChI=1S/C5H3F4NOS/c6-3(5(7,8)9)11-4-10-1-2-12-4/h1-3H. The molecule has 1 unspecified atom stereocenters. The molecule has 68 valence electrons. The highest BCUT2D eigenvalue weighted by molar-refractivity contribution is 7.11. The summed E-state index contributed by atoms with van der Waals surface area (Å²) in [5, 5.41) is 1.05. The number of thiazole rings is 1. The van der Waals surface area contributed by atoms with Gasteiger partial charge in [0, 0.05) is 11.6 Å². The highest BCUT2D eigenvalue weighted by Gasteiger charge is 2.42. The zero-order valence-corrected chi connectivity index (χ0v) is 6.32. The van der Waals surface area contributed by atoms with Gasteiger partial charge in [0.1, 0.15) is 0 Å². The predicted molar refractivity (Wildman–Crippen MR) is 33.7 cm³/mol. The van der Waals surface area contributed by atoms with E-state index in [1.807, 2.05) is 0 Å². The molecule has 0 aromatic carbocycles. The molecule has 0 N–H and O–H groups in total. The first-order valence-electron chi connectivity index (χ1n) is 2.77. The van der Waals surface area contributed by atoms with Gasteiger partial charge in [-0.05, 0) is 0 Å². The van der Waals surface area contributed by atoms with E-state index in [1.54, 1.807) is 0 Å². The van der Waals surface area contributed by atoms with Gasteiger partial charge in [0.25, 0.3) is 5.19 Å². The summed E-state index contributed by atoms with van der Waals surface area (Å²) in [6, 6.07) is 0. The zero-order valence-electron chi connectivity index (χ0n) is 5.51. The minimum atomic E-state index is -4.99. The van der Waals surface area contributed by atoms with Crippen LogP contribution in [0.4, 0.5) is 17.6 Å². The van der Waals surface area contributed by atoms with Gasteiger partial charge in [-0.3, -0.25) is 0 Å². The molecule has 1 aromatic heterocycles. The normalized spacial score (nSPS) is 14.3. The van der Waals surface area contributed by atoms with Crippen molar-refractivity contribution in [2.45, 2.75) is 12.5 Å². The number of nitrogens with zero attached hydrogens (tertiary/aromatic N) is 1. The van der Waals surface area contributed by atoms with E-state index in [-0.39, 0.29) is 5.19 Å². The Morgan fingerprint density at radius 3 is 2.58 bits per heavy atom. The molecule has 0 bridgehead atoms. The van der Waals surface area contributed by atoms with Crippen LogP contribution < -0.4 is 4.74 Å². The molecule has 0 aliphatic carbocycles. The topological polar surface area (TPSA) is 22.1 Å². The summed E-state index contributed by atoms with van der Waals surface area (Å²) < 4.78 is 50.5. The van der Waals surface area contributed by atoms with Crippen LogP contribution in [-0.2, 0) is 0 Å². The maximum absolute atomic E-state index is 12.1. The van der Waals surface area contributed by atoms with Crippen LogP contribution in [0, 0.1) is 0 Å². The van der Waals surface area contributed by atoms with Gasteiger partial charge in [0.15, 0.2) is 0 Å².